The molecule has 0 unspecified atom stereocenters. The summed E-state index contributed by atoms with van der Waals surface area (Å²) in [7, 11) is 0. The smallest absolute Gasteiger partial charge is 0.475 e. The molecule has 0 aromatic carbocycles. The van der Waals surface area contributed by atoms with Crippen LogP contribution in [0.5, 0.6) is 0 Å². The highest BCUT2D eigenvalue weighted by molar-refractivity contribution is 5.73. The number of anilines is 2. The van der Waals surface area contributed by atoms with Crippen molar-refractivity contribution in [1.29, 1.82) is 0 Å². The molecule has 2 N–H and O–H groups in total. The second-order valence-corrected chi connectivity index (χ2v) is 7.17. The third-order valence-electron chi connectivity index (χ3n) is 4.78. The molecule has 2 saturated heterocycles. The van der Waals surface area contributed by atoms with Crippen molar-refractivity contribution in [3.8, 4) is 0 Å². The summed E-state index contributed by atoms with van der Waals surface area (Å²) in [5.74, 6) is -2.16. The molecule has 34 heavy (non-hydrogen) atoms. The van der Waals surface area contributed by atoms with E-state index in [1.54, 1.807) is 0 Å². The van der Waals surface area contributed by atoms with Crippen LogP contribution in [0.3, 0.4) is 0 Å². The molecular weight excluding hydrogens is 476 g/mol. The lowest BCUT2D eigenvalue weighted by molar-refractivity contribution is -0.193. The molecule has 0 saturated carbocycles. The molecule has 0 spiro atoms. The monoisotopic (exact) mass is 495 g/mol. The van der Waals surface area contributed by atoms with Gasteiger partial charge in [-0.25, -0.2) is 24.5 Å². The molecule has 2 aliphatic rings. The Hall–Kier alpha value is -3.65. The molecule has 4 rings (SSSR count). The first-order chi connectivity index (χ1) is 15.8. The van der Waals surface area contributed by atoms with Crippen LogP contribution >= 0.6 is 0 Å². The van der Waals surface area contributed by atoms with Gasteiger partial charge in [0.05, 0.1) is 0 Å². The summed E-state index contributed by atoms with van der Waals surface area (Å²) in [4.78, 5) is 35.7. The van der Waals surface area contributed by atoms with Gasteiger partial charge in [-0.15, -0.1) is 0 Å². The van der Waals surface area contributed by atoms with Crippen LogP contribution in [-0.4, -0.2) is 75.6 Å². The van der Waals surface area contributed by atoms with Crippen molar-refractivity contribution in [2.24, 2.45) is 11.8 Å². The summed E-state index contributed by atoms with van der Waals surface area (Å²) in [6, 6.07) is 7.98. The SMILES string of the molecule is O=C(O)C(F)(F)F.O=C(O)C(F)(F)F.c1ccc(N2C[C@@H]3CN(c4ncccn4)C[C@@H]3C2)nc1. The Labute approximate surface area is 188 Å². The molecule has 0 radical (unpaired) electrons. The van der Waals surface area contributed by atoms with E-state index < -0.39 is 24.3 Å². The third-order valence-corrected chi connectivity index (χ3v) is 4.78. The fourth-order valence-corrected chi connectivity index (χ4v) is 3.34. The second-order valence-electron chi connectivity index (χ2n) is 7.17. The average Bonchev–Trinajstić information content (AvgIpc) is 3.34. The van der Waals surface area contributed by atoms with E-state index in [0.717, 1.165) is 37.9 Å². The van der Waals surface area contributed by atoms with Crippen molar-refractivity contribution in [2.75, 3.05) is 36.0 Å². The number of carboxylic acids is 2. The first-order valence-corrected chi connectivity index (χ1v) is 9.57. The Morgan fingerprint density at radius 2 is 1.15 bits per heavy atom. The maximum atomic E-state index is 10.6. The highest BCUT2D eigenvalue weighted by atomic mass is 19.4. The molecular formula is C19H19F6N5O4. The normalized spacial score (nSPS) is 19.4. The molecule has 2 aliphatic heterocycles. The van der Waals surface area contributed by atoms with Gasteiger partial charge in [-0.05, 0) is 18.2 Å². The summed E-state index contributed by atoms with van der Waals surface area (Å²) in [5, 5.41) is 14.2. The van der Waals surface area contributed by atoms with Gasteiger partial charge in [-0.2, -0.15) is 26.3 Å². The quantitative estimate of drug-likeness (QED) is 0.606. The summed E-state index contributed by atoms with van der Waals surface area (Å²) >= 11 is 0. The largest absolute Gasteiger partial charge is 0.490 e. The molecule has 2 aromatic heterocycles. The number of nitrogens with zero attached hydrogens (tertiary/aromatic N) is 5. The molecule has 9 nitrogen and oxygen atoms in total. The number of fused-ring (bicyclic) bond motifs is 1. The fourth-order valence-electron chi connectivity index (χ4n) is 3.34. The number of hydrogen-bond acceptors (Lipinski definition) is 7. The summed E-state index contributed by atoms with van der Waals surface area (Å²) in [6.07, 6.45) is -4.67. The van der Waals surface area contributed by atoms with Crippen LogP contribution in [0.4, 0.5) is 38.1 Å². The van der Waals surface area contributed by atoms with Crippen molar-refractivity contribution in [1.82, 2.24) is 15.0 Å². The van der Waals surface area contributed by atoms with Crippen LogP contribution in [0.15, 0.2) is 42.9 Å². The van der Waals surface area contributed by atoms with Crippen molar-refractivity contribution in [3.63, 3.8) is 0 Å². The lowest BCUT2D eigenvalue weighted by Crippen LogP contribution is -2.30. The summed E-state index contributed by atoms with van der Waals surface area (Å²) in [6.45, 7) is 4.28. The standard InChI is InChI=1S/C15H17N5.2C2HF3O2/c1-2-5-16-14(4-1)19-8-12-10-20(11-13(12)9-19)15-17-6-3-7-18-15;2*3-2(4,5)1(6)7/h1-7,12-13H,8-11H2;2*(H,6,7)/t12-,13+;;. The number of pyridine rings is 1. The number of alkyl halides is 6. The van der Waals surface area contributed by atoms with E-state index in [1.165, 1.54) is 0 Å². The average molecular weight is 495 g/mol. The van der Waals surface area contributed by atoms with Gasteiger partial charge in [0.15, 0.2) is 0 Å². The Morgan fingerprint density at radius 1 is 0.735 bits per heavy atom. The van der Waals surface area contributed by atoms with E-state index in [1.807, 2.05) is 30.7 Å². The number of carboxylic acid groups (broad SMARTS) is 2. The van der Waals surface area contributed by atoms with Gasteiger partial charge in [-0.3, -0.25) is 0 Å². The zero-order valence-electron chi connectivity index (χ0n) is 17.2. The maximum Gasteiger partial charge on any atom is 0.490 e. The van der Waals surface area contributed by atoms with Crippen LogP contribution in [0.1, 0.15) is 0 Å². The number of aliphatic carboxylic acids is 2. The van der Waals surface area contributed by atoms with Crippen LogP contribution in [0.2, 0.25) is 0 Å². The van der Waals surface area contributed by atoms with Gasteiger partial charge in [-0.1, -0.05) is 6.07 Å². The van der Waals surface area contributed by atoms with Gasteiger partial charge < -0.3 is 20.0 Å². The topological polar surface area (TPSA) is 120 Å². The Bertz CT molecular complexity index is 856. The van der Waals surface area contributed by atoms with Crippen LogP contribution in [-0.2, 0) is 9.59 Å². The Morgan fingerprint density at radius 3 is 1.53 bits per heavy atom. The third kappa shape index (κ3) is 7.74. The van der Waals surface area contributed by atoms with Gasteiger partial charge >= 0.3 is 24.3 Å². The van der Waals surface area contributed by atoms with Crippen molar-refractivity contribution in [3.05, 3.63) is 42.9 Å². The van der Waals surface area contributed by atoms with Crippen LogP contribution in [0.25, 0.3) is 0 Å². The predicted molar refractivity (Wildman–Crippen MR) is 105 cm³/mol. The van der Waals surface area contributed by atoms with E-state index in [9.17, 15) is 26.3 Å². The lowest BCUT2D eigenvalue weighted by Gasteiger charge is -2.22. The minimum Gasteiger partial charge on any atom is -0.475 e. The second kappa shape index (κ2) is 11.0. The first kappa shape index (κ1) is 26.6. The minimum atomic E-state index is -5.08. The highest BCUT2D eigenvalue weighted by Crippen LogP contribution is 2.34. The Kier molecular flexibility index (Phi) is 8.59. The van der Waals surface area contributed by atoms with Gasteiger partial charge in [0, 0.05) is 56.6 Å². The van der Waals surface area contributed by atoms with Crippen LogP contribution < -0.4 is 9.80 Å². The van der Waals surface area contributed by atoms with Gasteiger partial charge in [0.25, 0.3) is 0 Å². The molecule has 15 heteroatoms. The molecule has 2 fully saturated rings. The van der Waals surface area contributed by atoms with Gasteiger partial charge in [0.1, 0.15) is 5.82 Å². The molecule has 0 bridgehead atoms. The number of rotatable bonds is 2. The van der Waals surface area contributed by atoms with Crippen molar-refractivity contribution in [2.45, 2.75) is 12.4 Å². The van der Waals surface area contributed by atoms with E-state index in [4.69, 9.17) is 19.8 Å². The number of carbonyl (C=O) groups is 2. The van der Waals surface area contributed by atoms with Gasteiger partial charge in [0.2, 0.25) is 5.95 Å². The van der Waals surface area contributed by atoms with E-state index in [2.05, 4.69) is 36.9 Å². The molecule has 186 valence electrons. The zero-order valence-corrected chi connectivity index (χ0v) is 17.2. The first-order valence-electron chi connectivity index (χ1n) is 9.57. The molecule has 2 atom stereocenters. The highest BCUT2D eigenvalue weighted by Gasteiger charge is 2.41. The Balaban J connectivity index is 0.000000244. The van der Waals surface area contributed by atoms with E-state index >= 15 is 0 Å². The molecule has 0 aliphatic carbocycles. The number of hydrogen-bond donors (Lipinski definition) is 2. The number of aromatic nitrogens is 3. The fraction of sp³-hybridized carbons (Fsp3) is 0.421. The zero-order chi connectivity index (χ0) is 25.5. The molecule has 2 aromatic rings. The molecule has 4 heterocycles. The minimum absolute atomic E-state index is 0.695. The number of halogens is 6. The van der Waals surface area contributed by atoms with E-state index in [-0.39, 0.29) is 0 Å². The predicted octanol–water partition coefficient (Wildman–Crippen LogP) is 2.71. The van der Waals surface area contributed by atoms with Crippen molar-refractivity contribution >= 4 is 23.7 Å². The summed E-state index contributed by atoms with van der Waals surface area (Å²) in [5.41, 5.74) is 0. The summed E-state index contributed by atoms with van der Waals surface area (Å²) < 4.78 is 63.5. The van der Waals surface area contributed by atoms with E-state index in [0.29, 0.717) is 11.8 Å². The van der Waals surface area contributed by atoms with Crippen LogP contribution in [0, 0.1) is 11.8 Å². The lowest BCUT2D eigenvalue weighted by atomic mass is 10.0. The maximum absolute atomic E-state index is 10.6. The van der Waals surface area contributed by atoms with Crippen molar-refractivity contribution < 1.29 is 46.1 Å². The molecule has 0 amide bonds.